The monoisotopic (exact) mass is 666 g/mol. The maximum atomic E-state index is 12.6. The van der Waals surface area contributed by atoms with E-state index in [1.807, 2.05) is 50.2 Å². The quantitative estimate of drug-likeness (QED) is 0.170. The predicted molar refractivity (Wildman–Crippen MR) is 149 cm³/mol. The summed E-state index contributed by atoms with van der Waals surface area (Å²) < 4.78 is 19.8. The second-order valence-electron chi connectivity index (χ2n) is 7.37. The first kappa shape index (κ1) is 27.2. The third kappa shape index (κ3) is 8.08. The van der Waals surface area contributed by atoms with Gasteiger partial charge in [-0.15, -0.1) is 0 Å². The van der Waals surface area contributed by atoms with Crippen LogP contribution in [0.5, 0.6) is 17.2 Å². The van der Waals surface area contributed by atoms with Crippen molar-refractivity contribution in [2.75, 3.05) is 13.2 Å². The minimum absolute atomic E-state index is 0.350. The van der Waals surface area contributed by atoms with E-state index in [1.54, 1.807) is 24.4 Å². The molecule has 0 aliphatic heterocycles. The van der Waals surface area contributed by atoms with Crippen molar-refractivity contribution in [3.8, 4) is 17.2 Å². The van der Waals surface area contributed by atoms with Gasteiger partial charge >= 0.3 is 0 Å². The van der Waals surface area contributed by atoms with Crippen LogP contribution in [0.15, 0.2) is 73.1 Å². The molecule has 184 valence electrons. The molecule has 0 atom stereocenters. The van der Waals surface area contributed by atoms with E-state index in [4.69, 9.17) is 14.2 Å². The highest BCUT2D eigenvalue weighted by atomic mass is 79.9. The van der Waals surface area contributed by atoms with E-state index in [0.717, 1.165) is 31.0 Å². The first-order valence-corrected chi connectivity index (χ1v) is 13.4. The van der Waals surface area contributed by atoms with E-state index in [2.05, 4.69) is 58.3 Å². The molecule has 0 bridgehead atoms. The number of hydrogen-bond acceptors (Lipinski definition) is 5. The van der Waals surface area contributed by atoms with Gasteiger partial charge in [0.15, 0.2) is 11.5 Å². The normalized spacial score (nSPS) is 10.9. The van der Waals surface area contributed by atoms with Crippen LogP contribution in [-0.4, -0.2) is 25.3 Å². The van der Waals surface area contributed by atoms with Crippen molar-refractivity contribution in [3.05, 3.63) is 84.7 Å². The first-order valence-electron chi connectivity index (χ1n) is 11.0. The van der Waals surface area contributed by atoms with E-state index in [1.165, 1.54) is 0 Å². The number of amides is 1. The molecule has 35 heavy (non-hydrogen) atoms. The molecule has 3 aromatic rings. The molecule has 0 saturated carbocycles. The number of hydrazone groups is 1. The summed E-state index contributed by atoms with van der Waals surface area (Å²) in [5.74, 6) is 1.48. The molecular weight excluding hydrogens is 644 g/mol. The summed E-state index contributed by atoms with van der Waals surface area (Å²) in [7, 11) is 0. The van der Waals surface area contributed by atoms with Gasteiger partial charge in [0.05, 0.1) is 28.4 Å². The van der Waals surface area contributed by atoms with E-state index < -0.39 is 0 Å². The Morgan fingerprint density at radius 3 is 2.29 bits per heavy atom. The molecule has 0 fully saturated rings. The van der Waals surface area contributed by atoms with Gasteiger partial charge in [0.2, 0.25) is 0 Å². The summed E-state index contributed by atoms with van der Waals surface area (Å²) in [5, 5.41) is 4.10. The molecule has 0 saturated heterocycles. The van der Waals surface area contributed by atoms with Gasteiger partial charge in [-0.05, 0) is 98.8 Å². The standard InChI is InChI=1S/C26H25Br3N2O4/c1-3-11-34-23-10-7-19(14-24(23)33-4-2)26(32)31-30-15-18-12-21(28)25(22(29)13-18)35-16-17-5-8-20(27)9-6-17/h5-10,12-15H,3-4,11,16H2,1-2H3,(H,31,32)/b30-15+. The summed E-state index contributed by atoms with van der Waals surface area (Å²) in [5.41, 5.74) is 4.81. The second-order valence-corrected chi connectivity index (χ2v) is 10.00. The van der Waals surface area contributed by atoms with E-state index in [9.17, 15) is 4.79 Å². The Balaban J connectivity index is 1.64. The number of halogens is 3. The maximum absolute atomic E-state index is 12.6. The van der Waals surface area contributed by atoms with Crippen molar-refractivity contribution < 1.29 is 19.0 Å². The fourth-order valence-electron chi connectivity index (χ4n) is 3.01. The zero-order valence-corrected chi connectivity index (χ0v) is 24.1. The summed E-state index contributed by atoms with van der Waals surface area (Å²) in [6.07, 6.45) is 2.45. The number of nitrogens with one attached hydrogen (secondary N) is 1. The van der Waals surface area contributed by atoms with Crippen LogP contribution < -0.4 is 19.6 Å². The number of carbonyl (C=O) groups is 1. The van der Waals surface area contributed by atoms with Crippen LogP contribution in [0.25, 0.3) is 0 Å². The molecule has 1 amide bonds. The van der Waals surface area contributed by atoms with Crippen LogP contribution in [-0.2, 0) is 6.61 Å². The molecule has 0 radical (unpaired) electrons. The van der Waals surface area contributed by atoms with Gasteiger partial charge < -0.3 is 14.2 Å². The number of ether oxygens (including phenoxy) is 3. The Bertz CT molecular complexity index is 1160. The molecule has 6 nitrogen and oxygen atoms in total. The minimum Gasteiger partial charge on any atom is -0.490 e. The number of rotatable bonds is 11. The Hall–Kier alpha value is -2.36. The highest BCUT2D eigenvalue weighted by Gasteiger charge is 2.12. The SMILES string of the molecule is CCCOc1ccc(C(=O)N/N=C/c2cc(Br)c(OCc3ccc(Br)cc3)c(Br)c2)cc1OCC. The average molecular weight is 669 g/mol. The third-order valence-corrected chi connectivity index (χ3v) is 6.37. The highest BCUT2D eigenvalue weighted by Crippen LogP contribution is 2.35. The van der Waals surface area contributed by atoms with Crippen LogP contribution in [0.4, 0.5) is 0 Å². The molecule has 0 spiro atoms. The van der Waals surface area contributed by atoms with Crippen LogP contribution in [0, 0.1) is 0 Å². The average Bonchev–Trinajstić information content (AvgIpc) is 2.84. The van der Waals surface area contributed by atoms with E-state index in [-0.39, 0.29) is 5.91 Å². The Morgan fingerprint density at radius 1 is 0.914 bits per heavy atom. The molecule has 0 aromatic heterocycles. The van der Waals surface area contributed by atoms with Gasteiger partial charge in [-0.1, -0.05) is 35.0 Å². The topological polar surface area (TPSA) is 69.2 Å². The van der Waals surface area contributed by atoms with Gasteiger partial charge in [-0.3, -0.25) is 4.79 Å². The lowest BCUT2D eigenvalue weighted by Gasteiger charge is -2.12. The number of benzene rings is 3. The van der Waals surface area contributed by atoms with Crippen LogP contribution in [0.2, 0.25) is 0 Å². The molecule has 9 heteroatoms. The number of hydrogen-bond donors (Lipinski definition) is 1. The van der Waals surface area contributed by atoms with E-state index >= 15 is 0 Å². The molecule has 3 aromatic carbocycles. The van der Waals surface area contributed by atoms with Gasteiger partial charge in [0.25, 0.3) is 5.91 Å². The number of carbonyl (C=O) groups excluding carboxylic acids is 1. The van der Waals surface area contributed by atoms with Crippen molar-refractivity contribution in [1.29, 1.82) is 0 Å². The fourth-order valence-corrected chi connectivity index (χ4v) is 4.72. The lowest BCUT2D eigenvalue weighted by atomic mass is 10.2. The van der Waals surface area contributed by atoms with Crippen molar-refractivity contribution in [1.82, 2.24) is 5.43 Å². The smallest absolute Gasteiger partial charge is 0.271 e. The van der Waals surface area contributed by atoms with Crippen molar-refractivity contribution >= 4 is 59.9 Å². The summed E-state index contributed by atoms with van der Waals surface area (Å²) >= 11 is 10.5. The second kappa shape index (κ2) is 13.7. The van der Waals surface area contributed by atoms with E-state index in [0.29, 0.717) is 42.6 Å². The summed E-state index contributed by atoms with van der Waals surface area (Å²) in [6.45, 7) is 5.39. The zero-order chi connectivity index (χ0) is 25.2. The lowest BCUT2D eigenvalue weighted by molar-refractivity contribution is 0.0954. The van der Waals surface area contributed by atoms with Crippen LogP contribution in [0.3, 0.4) is 0 Å². The lowest BCUT2D eigenvalue weighted by Crippen LogP contribution is -2.17. The molecular formula is C26H25Br3N2O4. The zero-order valence-electron chi connectivity index (χ0n) is 19.3. The molecule has 3 rings (SSSR count). The third-order valence-electron chi connectivity index (χ3n) is 4.66. The molecule has 0 heterocycles. The van der Waals surface area contributed by atoms with Crippen LogP contribution in [0.1, 0.15) is 41.8 Å². The van der Waals surface area contributed by atoms with Crippen molar-refractivity contribution in [2.45, 2.75) is 26.9 Å². The predicted octanol–water partition coefficient (Wildman–Crippen LogP) is 7.50. The molecule has 0 unspecified atom stereocenters. The fraction of sp³-hybridized carbons (Fsp3) is 0.231. The van der Waals surface area contributed by atoms with Crippen molar-refractivity contribution in [2.24, 2.45) is 5.10 Å². The minimum atomic E-state index is -0.350. The van der Waals surface area contributed by atoms with Gasteiger partial charge in [-0.25, -0.2) is 5.43 Å². The Kier molecular flexibility index (Phi) is 10.6. The van der Waals surface area contributed by atoms with Gasteiger partial charge in [-0.2, -0.15) is 5.10 Å². The largest absolute Gasteiger partial charge is 0.490 e. The number of nitrogens with zero attached hydrogens (tertiary/aromatic N) is 1. The summed E-state index contributed by atoms with van der Waals surface area (Å²) in [4.78, 5) is 12.6. The Labute approximate surface area is 230 Å². The van der Waals surface area contributed by atoms with Crippen molar-refractivity contribution in [3.63, 3.8) is 0 Å². The maximum Gasteiger partial charge on any atom is 0.271 e. The Morgan fingerprint density at radius 2 is 1.63 bits per heavy atom. The van der Waals surface area contributed by atoms with Crippen LogP contribution >= 0.6 is 47.8 Å². The molecule has 0 aliphatic rings. The first-order chi connectivity index (χ1) is 16.9. The highest BCUT2D eigenvalue weighted by molar-refractivity contribution is 9.11. The molecule has 1 N–H and O–H groups in total. The molecule has 0 aliphatic carbocycles. The summed E-state index contributed by atoms with van der Waals surface area (Å²) in [6, 6.07) is 16.8. The van der Waals surface area contributed by atoms with Gasteiger partial charge in [0.1, 0.15) is 12.4 Å². The van der Waals surface area contributed by atoms with Gasteiger partial charge in [0, 0.05) is 10.0 Å².